The molecule has 1 aromatic heterocycles. The van der Waals surface area contributed by atoms with Crippen molar-refractivity contribution in [1.29, 1.82) is 0 Å². The molecule has 21 heavy (non-hydrogen) atoms. The van der Waals surface area contributed by atoms with Crippen LogP contribution in [-0.2, 0) is 0 Å². The van der Waals surface area contributed by atoms with Gasteiger partial charge >= 0.3 is 0 Å². The summed E-state index contributed by atoms with van der Waals surface area (Å²) in [6.45, 7) is 4.52. The number of nitrogens with two attached hydrogens (primary N) is 1. The summed E-state index contributed by atoms with van der Waals surface area (Å²) in [5.41, 5.74) is 5.36. The molecule has 0 amide bonds. The van der Waals surface area contributed by atoms with Gasteiger partial charge < -0.3 is 21.1 Å². The van der Waals surface area contributed by atoms with E-state index < -0.39 is 5.60 Å². The van der Waals surface area contributed by atoms with Crippen LogP contribution in [0.2, 0.25) is 0 Å². The van der Waals surface area contributed by atoms with Crippen LogP contribution in [0.1, 0.15) is 39.0 Å². The van der Waals surface area contributed by atoms with E-state index in [1.165, 1.54) is 6.42 Å². The third kappa shape index (κ3) is 2.90. The molecule has 4 N–H and O–H groups in total. The molecule has 1 aromatic rings. The van der Waals surface area contributed by atoms with Crippen molar-refractivity contribution in [3.8, 4) is 0 Å². The van der Waals surface area contributed by atoms with E-state index in [2.05, 4.69) is 20.2 Å². The van der Waals surface area contributed by atoms with Gasteiger partial charge in [0.1, 0.15) is 11.6 Å². The molecule has 0 radical (unpaired) electrons. The van der Waals surface area contributed by atoms with Gasteiger partial charge in [0.2, 0.25) is 5.95 Å². The Morgan fingerprint density at radius 3 is 3.10 bits per heavy atom. The number of piperidine rings is 1. The van der Waals surface area contributed by atoms with E-state index in [0.29, 0.717) is 11.9 Å². The van der Waals surface area contributed by atoms with Crippen LogP contribution in [0.25, 0.3) is 0 Å². The van der Waals surface area contributed by atoms with Gasteiger partial charge in [0, 0.05) is 31.6 Å². The highest BCUT2D eigenvalue weighted by atomic mass is 16.3. The Hall–Kier alpha value is -1.56. The SMILES string of the molecule is CCNc1cc(N2CCC3(O)CCCCC3C2)nc(N)n1. The fourth-order valence-electron chi connectivity index (χ4n) is 3.67. The van der Waals surface area contributed by atoms with Crippen LogP contribution in [-0.4, -0.2) is 40.3 Å². The second-order valence-corrected chi connectivity index (χ2v) is 6.24. The van der Waals surface area contributed by atoms with Gasteiger partial charge in [0.25, 0.3) is 0 Å². The van der Waals surface area contributed by atoms with E-state index >= 15 is 0 Å². The van der Waals surface area contributed by atoms with Crippen LogP contribution in [0.15, 0.2) is 6.07 Å². The number of anilines is 3. The third-order valence-corrected chi connectivity index (χ3v) is 4.84. The van der Waals surface area contributed by atoms with Crippen LogP contribution in [0.4, 0.5) is 17.6 Å². The first kappa shape index (κ1) is 14.4. The molecule has 6 nitrogen and oxygen atoms in total. The lowest BCUT2D eigenvalue weighted by atomic mass is 9.71. The Balaban J connectivity index is 1.78. The molecule has 2 heterocycles. The third-order valence-electron chi connectivity index (χ3n) is 4.84. The van der Waals surface area contributed by atoms with Gasteiger partial charge in [-0.25, -0.2) is 0 Å². The summed E-state index contributed by atoms with van der Waals surface area (Å²) in [7, 11) is 0. The summed E-state index contributed by atoms with van der Waals surface area (Å²) < 4.78 is 0. The van der Waals surface area contributed by atoms with E-state index in [-0.39, 0.29) is 0 Å². The maximum absolute atomic E-state index is 10.8. The lowest BCUT2D eigenvalue weighted by Crippen LogP contribution is -2.53. The predicted octanol–water partition coefficient (Wildman–Crippen LogP) is 1.62. The van der Waals surface area contributed by atoms with Gasteiger partial charge in [-0.15, -0.1) is 0 Å². The van der Waals surface area contributed by atoms with Gasteiger partial charge in [-0.3, -0.25) is 0 Å². The molecule has 2 fully saturated rings. The Kier molecular flexibility index (Phi) is 3.89. The zero-order valence-corrected chi connectivity index (χ0v) is 12.7. The highest BCUT2D eigenvalue weighted by molar-refractivity contribution is 5.53. The van der Waals surface area contributed by atoms with Crippen molar-refractivity contribution >= 4 is 17.6 Å². The van der Waals surface area contributed by atoms with Gasteiger partial charge in [-0.2, -0.15) is 9.97 Å². The van der Waals surface area contributed by atoms with Crippen LogP contribution in [0, 0.1) is 5.92 Å². The number of nitrogens with one attached hydrogen (secondary N) is 1. The van der Waals surface area contributed by atoms with Gasteiger partial charge in [-0.1, -0.05) is 12.8 Å². The van der Waals surface area contributed by atoms with E-state index in [4.69, 9.17) is 5.73 Å². The fraction of sp³-hybridized carbons (Fsp3) is 0.733. The molecule has 1 aliphatic heterocycles. The van der Waals surface area contributed by atoms with Crippen LogP contribution < -0.4 is 16.0 Å². The molecule has 1 saturated heterocycles. The number of nitrogens with zero attached hydrogens (tertiary/aromatic N) is 3. The summed E-state index contributed by atoms with van der Waals surface area (Å²) in [5, 5.41) is 13.9. The maximum atomic E-state index is 10.8. The number of aromatic nitrogens is 2. The van der Waals surface area contributed by atoms with Crippen molar-refractivity contribution in [3.63, 3.8) is 0 Å². The number of nitrogen functional groups attached to an aromatic ring is 1. The summed E-state index contributed by atoms with van der Waals surface area (Å²) in [6.07, 6.45) is 5.24. The number of aliphatic hydroxyl groups is 1. The summed E-state index contributed by atoms with van der Waals surface area (Å²) in [4.78, 5) is 10.8. The van der Waals surface area contributed by atoms with E-state index in [9.17, 15) is 5.11 Å². The van der Waals surface area contributed by atoms with Crippen molar-refractivity contribution < 1.29 is 5.11 Å². The number of fused-ring (bicyclic) bond motifs is 1. The molecule has 3 rings (SSSR count). The summed E-state index contributed by atoms with van der Waals surface area (Å²) >= 11 is 0. The largest absolute Gasteiger partial charge is 0.389 e. The quantitative estimate of drug-likeness (QED) is 0.784. The Bertz CT molecular complexity index is 509. The molecule has 0 bridgehead atoms. The molecule has 6 heteroatoms. The van der Waals surface area contributed by atoms with Gasteiger partial charge in [0.15, 0.2) is 0 Å². The first-order valence-electron chi connectivity index (χ1n) is 7.96. The van der Waals surface area contributed by atoms with Crippen molar-refractivity contribution in [3.05, 3.63) is 6.07 Å². The first-order valence-corrected chi connectivity index (χ1v) is 7.96. The first-order chi connectivity index (χ1) is 10.1. The lowest BCUT2D eigenvalue weighted by molar-refractivity contribution is -0.0613. The average Bonchev–Trinajstić information content (AvgIpc) is 2.46. The Labute approximate surface area is 125 Å². The second-order valence-electron chi connectivity index (χ2n) is 6.24. The van der Waals surface area contributed by atoms with Crippen LogP contribution in [0.3, 0.4) is 0 Å². The highest BCUT2D eigenvalue weighted by Crippen LogP contribution is 2.40. The lowest BCUT2D eigenvalue weighted by Gasteiger charge is -2.47. The topological polar surface area (TPSA) is 87.3 Å². The molecule has 2 aliphatic rings. The van der Waals surface area contributed by atoms with E-state index in [0.717, 1.165) is 57.0 Å². The van der Waals surface area contributed by atoms with Gasteiger partial charge in [-0.05, 0) is 26.2 Å². The molecule has 2 unspecified atom stereocenters. The van der Waals surface area contributed by atoms with Crippen molar-refractivity contribution in [2.24, 2.45) is 5.92 Å². The van der Waals surface area contributed by atoms with E-state index in [1.807, 2.05) is 13.0 Å². The molecular weight excluding hydrogens is 266 g/mol. The maximum Gasteiger partial charge on any atom is 0.223 e. The second kappa shape index (κ2) is 5.67. The van der Waals surface area contributed by atoms with E-state index in [1.54, 1.807) is 0 Å². The predicted molar refractivity (Wildman–Crippen MR) is 84.3 cm³/mol. The molecule has 0 spiro atoms. The van der Waals surface area contributed by atoms with Crippen molar-refractivity contribution in [1.82, 2.24) is 9.97 Å². The molecule has 1 aliphatic carbocycles. The smallest absolute Gasteiger partial charge is 0.223 e. The Morgan fingerprint density at radius 1 is 1.43 bits per heavy atom. The normalized spacial score (nSPS) is 29.0. The average molecular weight is 291 g/mol. The van der Waals surface area contributed by atoms with Gasteiger partial charge in [0.05, 0.1) is 5.60 Å². The zero-order valence-electron chi connectivity index (χ0n) is 12.7. The fourth-order valence-corrected chi connectivity index (χ4v) is 3.67. The minimum atomic E-state index is -0.460. The van der Waals surface area contributed by atoms with Crippen molar-refractivity contribution in [2.75, 3.05) is 35.6 Å². The number of hydrogen-bond donors (Lipinski definition) is 3. The number of hydrogen-bond acceptors (Lipinski definition) is 6. The standard InChI is InChI=1S/C15H25N5O/c1-2-17-12-9-13(19-14(16)18-12)20-8-7-15(21)6-4-3-5-11(15)10-20/h9,11,21H,2-8,10H2,1H3,(H3,16,17,18,19). The number of rotatable bonds is 3. The molecule has 116 valence electrons. The highest BCUT2D eigenvalue weighted by Gasteiger charge is 2.43. The molecule has 0 aromatic carbocycles. The zero-order chi connectivity index (χ0) is 14.9. The molecule has 1 saturated carbocycles. The van der Waals surface area contributed by atoms with Crippen LogP contribution in [0.5, 0.6) is 0 Å². The minimum Gasteiger partial charge on any atom is -0.389 e. The Morgan fingerprint density at radius 2 is 2.29 bits per heavy atom. The van der Waals surface area contributed by atoms with Crippen LogP contribution >= 0.6 is 0 Å². The van der Waals surface area contributed by atoms with Crippen molar-refractivity contribution in [2.45, 2.75) is 44.6 Å². The monoisotopic (exact) mass is 291 g/mol. The summed E-state index contributed by atoms with van der Waals surface area (Å²) in [5.74, 6) is 2.28. The summed E-state index contributed by atoms with van der Waals surface area (Å²) in [6, 6.07) is 1.95. The molecular formula is C15H25N5O. The minimum absolute atomic E-state index is 0.299. The molecule has 2 atom stereocenters.